The molecule has 0 bridgehead atoms. The molecule has 1 amide bonds. The van der Waals surface area contributed by atoms with E-state index in [1.165, 1.54) is 17.4 Å². The standard InChI is InChI=1S/C19H25NO4S/c1-11(2)14-5-6-15-9-20(17(19(23)24)8-16(15)7-14)18(22)12(3)10-25-13(4)21/h5-7,11-12,17H,8-10H2,1-4H3,(H,23,24). The van der Waals surface area contributed by atoms with Gasteiger partial charge in [-0.15, -0.1) is 0 Å². The summed E-state index contributed by atoms with van der Waals surface area (Å²) in [5.41, 5.74) is 3.18. The lowest BCUT2D eigenvalue weighted by Crippen LogP contribution is -2.50. The van der Waals surface area contributed by atoms with Crippen molar-refractivity contribution in [1.29, 1.82) is 0 Å². The average Bonchev–Trinajstić information content (AvgIpc) is 2.56. The number of hydrogen-bond acceptors (Lipinski definition) is 4. The fourth-order valence-corrected chi connectivity index (χ4v) is 3.64. The van der Waals surface area contributed by atoms with Crippen LogP contribution in [-0.4, -0.2) is 38.8 Å². The van der Waals surface area contributed by atoms with Crippen molar-refractivity contribution >= 4 is 28.8 Å². The molecular formula is C19H25NO4S. The second-order valence-electron chi connectivity index (χ2n) is 6.91. The van der Waals surface area contributed by atoms with Gasteiger partial charge >= 0.3 is 5.97 Å². The number of fused-ring (bicyclic) bond motifs is 1. The third-order valence-corrected chi connectivity index (χ3v) is 5.63. The molecule has 2 rings (SSSR count). The monoisotopic (exact) mass is 363 g/mol. The van der Waals surface area contributed by atoms with Gasteiger partial charge in [-0.1, -0.05) is 50.7 Å². The molecule has 0 saturated heterocycles. The number of nitrogens with zero attached hydrogens (tertiary/aromatic N) is 1. The Morgan fingerprint density at radius 2 is 1.92 bits per heavy atom. The van der Waals surface area contributed by atoms with Crippen molar-refractivity contribution in [2.45, 2.75) is 52.6 Å². The second kappa shape index (κ2) is 8.04. The van der Waals surface area contributed by atoms with E-state index in [1.807, 2.05) is 12.1 Å². The summed E-state index contributed by atoms with van der Waals surface area (Å²) in [5, 5.41) is 9.57. The van der Waals surface area contributed by atoms with Crippen LogP contribution < -0.4 is 0 Å². The lowest BCUT2D eigenvalue weighted by Gasteiger charge is -2.36. The van der Waals surface area contributed by atoms with Crippen LogP contribution in [0.25, 0.3) is 0 Å². The maximum atomic E-state index is 12.7. The average molecular weight is 363 g/mol. The van der Waals surface area contributed by atoms with Crippen LogP contribution in [0.3, 0.4) is 0 Å². The van der Waals surface area contributed by atoms with Gasteiger partial charge in [0.1, 0.15) is 6.04 Å². The van der Waals surface area contributed by atoms with Gasteiger partial charge in [-0.2, -0.15) is 0 Å². The molecule has 0 saturated carbocycles. The van der Waals surface area contributed by atoms with Crippen LogP contribution in [0.5, 0.6) is 0 Å². The second-order valence-corrected chi connectivity index (χ2v) is 8.11. The van der Waals surface area contributed by atoms with Gasteiger partial charge in [0.05, 0.1) is 0 Å². The summed E-state index contributed by atoms with van der Waals surface area (Å²) in [7, 11) is 0. The van der Waals surface area contributed by atoms with Crippen molar-refractivity contribution in [1.82, 2.24) is 4.90 Å². The van der Waals surface area contributed by atoms with Gasteiger partial charge in [0.2, 0.25) is 5.91 Å². The molecule has 0 aromatic heterocycles. The first kappa shape index (κ1) is 19.5. The van der Waals surface area contributed by atoms with Gasteiger partial charge in [-0.05, 0) is 22.6 Å². The molecule has 1 N–H and O–H groups in total. The number of hydrogen-bond donors (Lipinski definition) is 1. The zero-order valence-electron chi connectivity index (χ0n) is 15.1. The number of rotatable bonds is 5. The van der Waals surface area contributed by atoms with E-state index < -0.39 is 17.9 Å². The van der Waals surface area contributed by atoms with E-state index in [0.29, 0.717) is 24.6 Å². The van der Waals surface area contributed by atoms with Gasteiger partial charge < -0.3 is 10.0 Å². The largest absolute Gasteiger partial charge is 0.480 e. The Labute approximate surface area is 152 Å². The minimum absolute atomic E-state index is 0.0420. The van der Waals surface area contributed by atoms with E-state index in [9.17, 15) is 19.5 Å². The smallest absolute Gasteiger partial charge is 0.326 e. The summed E-state index contributed by atoms with van der Waals surface area (Å²) >= 11 is 1.10. The highest BCUT2D eigenvalue weighted by Gasteiger charge is 2.36. The lowest BCUT2D eigenvalue weighted by molar-refractivity contribution is -0.152. The van der Waals surface area contributed by atoms with Crippen LogP contribution in [0.4, 0.5) is 0 Å². The normalized spacial score (nSPS) is 18.0. The van der Waals surface area contributed by atoms with Gasteiger partial charge in [-0.25, -0.2) is 4.79 Å². The minimum atomic E-state index is -0.986. The molecule has 2 atom stereocenters. The number of benzene rings is 1. The summed E-state index contributed by atoms with van der Waals surface area (Å²) in [6, 6.07) is 5.25. The van der Waals surface area contributed by atoms with E-state index in [-0.39, 0.29) is 11.0 Å². The molecule has 0 spiro atoms. The highest BCUT2D eigenvalue weighted by molar-refractivity contribution is 8.13. The number of carboxylic acid groups (broad SMARTS) is 1. The van der Waals surface area contributed by atoms with E-state index in [1.54, 1.807) is 6.92 Å². The molecule has 136 valence electrons. The van der Waals surface area contributed by atoms with E-state index in [4.69, 9.17) is 0 Å². The maximum Gasteiger partial charge on any atom is 0.326 e. The first-order chi connectivity index (χ1) is 11.7. The van der Waals surface area contributed by atoms with Crippen molar-refractivity contribution in [2.75, 3.05) is 5.75 Å². The zero-order valence-corrected chi connectivity index (χ0v) is 15.9. The Morgan fingerprint density at radius 1 is 1.24 bits per heavy atom. The molecule has 5 nitrogen and oxygen atoms in total. The summed E-state index contributed by atoms with van der Waals surface area (Å²) in [5.74, 6) is -0.847. The predicted octanol–water partition coefficient (Wildman–Crippen LogP) is 3.06. The van der Waals surface area contributed by atoms with Crippen LogP contribution in [0, 0.1) is 5.92 Å². The molecule has 0 aliphatic carbocycles. The number of carbonyl (C=O) groups excluding carboxylic acids is 2. The molecule has 25 heavy (non-hydrogen) atoms. The Hall–Kier alpha value is -1.82. The molecule has 0 radical (unpaired) electrons. The molecule has 2 unspecified atom stereocenters. The summed E-state index contributed by atoms with van der Waals surface area (Å²) in [6.07, 6.45) is 0.323. The molecule has 0 fully saturated rings. The number of thioether (sulfide) groups is 1. The van der Waals surface area contributed by atoms with Crippen molar-refractivity contribution < 1.29 is 19.5 Å². The lowest BCUT2D eigenvalue weighted by atomic mass is 9.89. The zero-order chi connectivity index (χ0) is 18.7. The Kier molecular flexibility index (Phi) is 6.27. The van der Waals surface area contributed by atoms with E-state index in [2.05, 4.69) is 19.9 Å². The fraction of sp³-hybridized carbons (Fsp3) is 0.526. The fourth-order valence-electron chi connectivity index (χ4n) is 3.01. The van der Waals surface area contributed by atoms with Crippen molar-refractivity contribution in [3.8, 4) is 0 Å². The van der Waals surface area contributed by atoms with Crippen molar-refractivity contribution in [3.05, 3.63) is 34.9 Å². The van der Waals surface area contributed by atoms with E-state index >= 15 is 0 Å². The predicted molar refractivity (Wildman–Crippen MR) is 98.5 cm³/mol. The first-order valence-corrected chi connectivity index (χ1v) is 9.47. The number of carbonyl (C=O) groups is 3. The van der Waals surface area contributed by atoms with Crippen LogP contribution in [0.1, 0.15) is 50.3 Å². The van der Waals surface area contributed by atoms with Crippen LogP contribution in [-0.2, 0) is 27.3 Å². The van der Waals surface area contributed by atoms with Gasteiger partial charge in [0.15, 0.2) is 5.12 Å². The quantitative estimate of drug-likeness (QED) is 0.870. The molecule has 1 aromatic rings. The van der Waals surface area contributed by atoms with Crippen molar-refractivity contribution in [3.63, 3.8) is 0 Å². The Bertz CT molecular complexity index is 686. The van der Waals surface area contributed by atoms with Gasteiger partial charge in [0.25, 0.3) is 0 Å². The SMILES string of the molecule is CC(=O)SCC(C)C(=O)N1Cc2ccc(C(C)C)cc2CC1C(=O)O. The Balaban J connectivity index is 2.24. The summed E-state index contributed by atoms with van der Waals surface area (Å²) in [4.78, 5) is 37.0. The molecule has 1 heterocycles. The van der Waals surface area contributed by atoms with Crippen molar-refractivity contribution in [2.24, 2.45) is 5.92 Å². The Morgan fingerprint density at radius 3 is 2.48 bits per heavy atom. The highest BCUT2D eigenvalue weighted by Crippen LogP contribution is 2.28. The maximum absolute atomic E-state index is 12.7. The van der Waals surface area contributed by atoms with E-state index in [0.717, 1.165) is 22.9 Å². The summed E-state index contributed by atoms with van der Waals surface area (Å²) < 4.78 is 0. The number of aliphatic carboxylic acids is 1. The van der Waals surface area contributed by atoms with Crippen LogP contribution in [0.15, 0.2) is 18.2 Å². The van der Waals surface area contributed by atoms with Gasteiger partial charge in [-0.3, -0.25) is 9.59 Å². The molecular weight excluding hydrogens is 338 g/mol. The van der Waals surface area contributed by atoms with Crippen LogP contribution >= 0.6 is 11.8 Å². The topological polar surface area (TPSA) is 74.7 Å². The molecule has 1 aromatic carbocycles. The molecule has 6 heteroatoms. The molecule has 1 aliphatic heterocycles. The highest BCUT2D eigenvalue weighted by atomic mass is 32.2. The molecule has 1 aliphatic rings. The summed E-state index contributed by atoms with van der Waals surface area (Å²) in [6.45, 7) is 7.71. The number of amides is 1. The third kappa shape index (κ3) is 4.63. The number of carboxylic acids is 1. The van der Waals surface area contributed by atoms with Gasteiger partial charge in [0, 0.05) is 31.6 Å². The minimum Gasteiger partial charge on any atom is -0.480 e. The first-order valence-electron chi connectivity index (χ1n) is 8.49. The van der Waals surface area contributed by atoms with Crippen LogP contribution in [0.2, 0.25) is 0 Å². The third-order valence-electron chi connectivity index (χ3n) is 4.55.